The zero-order valence-corrected chi connectivity index (χ0v) is 14.3. The van der Waals surface area contributed by atoms with Crippen LogP contribution in [0.15, 0.2) is 35.4 Å². The lowest BCUT2D eigenvalue weighted by Crippen LogP contribution is -2.45. The van der Waals surface area contributed by atoms with E-state index < -0.39 is 14.9 Å². The number of piperidine rings is 1. The maximum atomic E-state index is 12.9. The molecule has 0 amide bonds. The molecule has 1 aliphatic heterocycles. The average molecular weight is 373 g/mol. The molecule has 1 unspecified atom stereocenters. The normalized spacial score (nSPS) is 19.0. The second kappa shape index (κ2) is 6.98. The Morgan fingerprint density at radius 2 is 2.08 bits per heavy atom. The fourth-order valence-electron chi connectivity index (χ4n) is 2.83. The first-order chi connectivity index (χ1) is 10.9. The van der Waals surface area contributed by atoms with Crippen LogP contribution in [0.1, 0.15) is 12.8 Å². The SMILES string of the molecule is Cl.NC1CCCN(S(=O)(=O)c2ccc([N+](=O)[O-])c3cccnc23)C1. The third-order valence-electron chi connectivity index (χ3n) is 3.94. The first-order valence-electron chi connectivity index (χ1n) is 7.19. The number of benzene rings is 1. The summed E-state index contributed by atoms with van der Waals surface area (Å²) in [6.45, 7) is 0.634. The number of hydrogen-bond acceptors (Lipinski definition) is 6. The largest absolute Gasteiger partial charge is 0.327 e. The van der Waals surface area contributed by atoms with Crippen LogP contribution >= 0.6 is 12.4 Å². The quantitative estimate of drug-likeness (QED) is 0.646. The van der Waals surface area contributed by atoms with E-state index in [1.54, 1.807) is 6.07 Å². The highest BCUT2D eigenvalue weighted by Gasteiger charge is 2.31. The van der Waals surface area contributed by atoms with Crippen molar-refractivity contribution in [2.24, 2.45) is 5.73 Å². The summed E-state index contributed by atoms with van der Waals surface area (Å²) in [6, 6.07) is 5.31. The highest BCUT2D eigenvalue weighted by molar-refractivity contribution is 7.89. The van der Waals surface area contributed by atoms with E-state index in [2.05, 4.69) is 4.98 Å². The smallest absolute Gasteiger partial charge is 0.278 e. The van der Waals surface area contributed by atoms with Gasteiger partial charge in [0.25, 0.3) is 5.69 Å². The molecule has 1 fully saturated rings. The number of nitrogens with zero attached hydrogens (tertiary/aromatic N) is 3. The topological polar surface area (TPSA) is 119 Å². The molecule has 2 heterocycles. The van der Waals surface area contributed by atoms with Gasteiger partial charge in [-0.05, 0) is 31.0 Å². The lowest BCUT2D eigenvalue weighted by Gasteiger charge is -2.30. The second-order valence-corrected chi connectivity index (χ2v) is 7.41. The van der Waals surface area contributed by atoms with Crippen molar-refractivity contribution in [3.63, 3.8) is 0 Å². The number of halogens is 1. The molecule has 1 saturated heterocycles. The predicted molar refractivity (Wildman–Crippen MR) is 91.6 cm³/mol. The molecular weight excluding hydrogens is 356 g/mol. The molecule has 0 saturated carbocycles. The van der Waals surface area contributed by atoms with Crippen LogP contribution in [-0.4, -0.2) is 41.8 Å². The van der Waals surface area contributed by atoms with Crippen molar-refractivity contribution in [2.45, 2.75) is 23.8 Å². The van der Waals surface area contributed by atoms with E-state index in [9.17, 15) is 18.5 Å². The molecule has 8 nitrogen and oxygen atoms in total. The van der Waals surface area contributed by atoms with Crippen molar-refractivity contribution < 1.29 is 13.3 Å². The van der Waals surface area contributed by atoms with Crippen molar-refractivity contribution in [3.8, 4) is 0 Å². The van der Waals surface area contributed by atoms with Crippen molar-refractivity contribution in [3.05, 3.63) is 40.6 Å². The molecule has 3 rings (SSSR count). The maximum absolute atomic E-state index is 12.9. The summed E-state index contributed by atoms with van der Waals surface area (Å²) in [5, 5.41) is 11.3. The molecule has 0 spiro atoms. The van der Waals surface area contributed by atoms with Gasteiger partial charge in [-0.2, -0.15) is 4.31 Å². The molecule has 24 heavy (non-hydrogen) atoms. The first-order valence-corrected chi connectivity index (χ1v) is 8.63. The van der Waals surface area contributed by atoms with E-state index in [0.29, 0.717) is 13.0 Å². The van der Waals surface area contributed by atoms with Gasteiger partial charge in [0.2, 0.25) is 10.0 Å². The summed E-state index contributed by atoms with van der Waals surface area (Å²) in [6.07, 6.45) is 2.90. The van der Waals surface area contributed by atoms with Crippen LogP contribution in [0.2, 0.25) is 0 Å². The maximum Gasteiger partial charge on any atom is 0.278 e. The lowest BCUT2D eigenvalue weighted by atomic mass is 10.1. The van der Waals surface area contributed by atoms with Gasteiger partial charge in [-0.1, -0.05) is 0 Å². The first kappa shape index (κ1) is 18.5. The van der Waals surface area contributed by atoms with Crippen molar-refractivity contribution >= 4 is 39.0 Å². The van der Waals surface area contributed by atoms with Gasteiger partial charge >= 0.3 is 0 Å². The van der Waals surface area contributed by atoms with Gasteiger partial charge in [0.15, 0.2) is 0 Å². The van der Waals surface area contributed by atoms with Crippen molar-refractivity contribution in [1.82, 2.24) is 9.29 Å². The summed E-state index contributed by atoms with van der Waals surface area (Å²) in [4.78, 5) is 14.6. The Kier molecular flexibility index (Phi) is 5.38. The predicted octanol–water partition coefficient (Wildman–Crippen LogP) is 1.68. The molecule has 2 aromatic rings. The highest BCUT2D eigenvalue weighted by atomic mass is 35.5. The highest BCUT2D eigenvalue weighted by Crippen LogP contribution is 2.31. The third-order valence-corrected chi connectivity index (χ3v) is 5.84. The van der Waals surface area contributed by atoms with Crippen LogP contribution in [0.3, 0.4) is 0 Å². The van der Waals surface area contributed by atoms with Gasteiger partial charge in [0.1, 0.15) is 4.90 Å². The van der Waals surface area contributed by atoms with Crippen molar-refractivity contribution in [2.75, 3.05) is 13.1 Å². The Hall–Kier alpha value is -1.81. The number of rotatable bonds is 3. The molecule has 0 aliphatic carbocycles. The Bertz CT molecular complexity index is 874. The molecule has 10 heteroatoms. The van der Waals surface area contributed by atoms with Gasteiger partial charge in [-0.3, -0.25) is 15.1 Å². The number of sulfonamides is 1. The van der Waals surface area contributed by atoms with Gasteiger partial charge in [-0.15, -0.1) is 12.4 Å². The minimum absolute atomic E-state index is 0. The number of non-ortho nitro benzene ring substituents is 1. The summed E-state index contributed by atoms with van der Waals surface area (Å²) in [7, 11) is -3.80. The van der Waals surface area contributed by atoms with Crippen LogP contribution in [0, 0.1) is 10.1 Å². The van der Waals surface area contributed by atoms with Crippen LogP contribution in [0.5, 0.6) is 0 Å². The van der Waals surface area contributed by atoms with E-state index in [4.69, 9.17) is 5.73 Å². The van der Waals surface area contributed by atoms with Gasteiger partial charge in [0, 0.05) is 31.4 Å². The Morgan fingerprint density at radius 1 is 1.33 bits per heavy atom. The molecule has 0 radical (unpaired) electrons. The van der Waals surface area contributed by atoms with E-state index in [1.165, 1.54) is 28.7 Å². The molecule has 0 bridgehead atoms. The zero-order valence-electron chi connectivity index (χ0n) is 12.7. The van der Waals surface area contributed by atoms with Crippen LogP contribution in [-0.2, 0) is 10.0 Å². The summed E-state index contributed by atoms with van der Waals surface area (Å²) in [5.74, 6) is 0. The Balaban J connectivity index is 0.00000208. The molecule has 130 valence electrons. The molecular formula is C14H17ClN4O4S. The van der Waals surface area contributed by atoms with Gasteiger partial charge in [-0.25, -0.2) is 8.42 Å². The second-order valence-electron chi connectivity index (χ2n) is 5.50. The van der Waals surface area contributed by atoms with E-state index in [0.717, 1.165) is 6.42 Å². The molecule has 1 atom stereocenters. The lowest BCUT2D eigenvalue weighted by molar-refractivity contribution is -0.383. The minimum atomic E-state index is -3.80. The molecule has 1 aromatic carbocycles. The number of fused-ring (bicyclic) bond motifs is 1. The van der Waals surface area contributed by atoms with Crippen molar-refractivity contribution in [1.29, 1.82) is 0 Å². The van der Waals surface area contributed by atoms with Gasteiger partial charge in [0.05, 0.1) is 15.8 Å². The molecule has 2 N–H and O–H groups in total. The summed E-state index contributed by atoms with van der Waals surface area (Å²) < 4.78 is 27.1. The molecule has 1 aromatic heterocycles. The average Bonchev–Trinajstić information content (AvgIpc) is 2.53. The number of hydrogen-bond donors (Lipinski definition) is 1. The number of nitro benzene ring substituents is 1. The number of pyridine rings is 1. The van der Waals surface area contributed by atoms with E-state index in [-0.39, 0.29) is 46.5 Å². The fraction of sp³-hybridized carbons (Fsp3) is 0.357. The Labute approximate surface area is 145 Å². The Morgan fingerprint density at radius 3 is 2.75 bits per heavy atom. The van der Waals surface area contributed by atoms with Crippen LogP contribution < -0.4 is 5.73 Å². The number of nitrogens with two attached hydrogens (primary N) is 1. The third kappa shape index (κ3) is 3.20. The zero-order chi connectivity index (χ0) is 16.6. The van der Waals surface area contributed by atoms with E-state index >= 15 is 0 Å². The number of nitro groups is 1. The minimum Gasteiger partial charge on any atom is -0.327 e. The molecule has 1 aliphatic rings. The number of aromatic nitrogens is 1. The standard InChI is InChI=1S/C14H16N4O4S.ClH/c15-10-3-2-8-17(9-10)23(21,22)13-6-5-12(18(19)20)11-4-1-7-16-14(11)13;/h1,4-7,10H,2-3,8-9,15H2;1H. The fourth-order valence-corrected chi connectivity index (χ4v) is 4.51. The van der Waals surface area contributed by atoms with Gasteiger partial charge < -0.3 is 5.73 Å². The van der Waals surface area contributed by atoms with E-state index in [1.807, 2.05) is 0 Å². The summed E-state index contributed by atoms with van der Waals surface area (Å²) >= 11 is 0. The van der Waals surface area contributed by atoms with Crippen LogP contribution in [0.25, 0.3) is 10.9 Å². The monoisotopic (exact) mass is 372 g/mol. The summed E-state index contributed by atoms with van der Waals surface area (Å²) in [5.41, 5.74) is 5.81. The van der Waals surface area contributed by atoms with Crippen LogP contribution in [0.4, 0.5) is 5.69 Å².